The Kier molecular flexibility index (Phi) is 8.52. The van der Waals surface area contributed by atoms with Crippen LogP contribution in [0.3, 0.4) is 0 Å². The van der Waals surface area contributed by atoms with E-state index in [4.69, 9.17) is 14.2 Å². The van der Waals surface area contributed by atoms with Crippen LogP contribution in [-0.2, 0) is 30.4 Å². The van der Waals surface area contributed by atoms with E-state index in [9.17, 15) is 19.2 Å². The number of esters is 1. The first-order chi connectivity index (χ1) is 16.1. The maximum Gasteiger partial charge on any atom is 0.411 e. The van der Waals surface area contributed by atoms with Gasteiger partial charge in [-0.2, -0.15) is 0 Å². The molecule has 9 heteroatoms. The number of benzene rings is 1. The summed E-state index contributed by atoms with van der Waals surface area (Å²) in [5.41, 5.74) is 0.252. The van der Waals surface area contributed by atoms with Gasteiger partial charge in [-0.1, -0.05) is 30.3 Å². The topological polar surface area (TPSA) is 102 Å². The second-order valence-corrected chi connectivity index (χ2v) is 9.71. The Hall–Kier alpha value is -3.10. The maximum atomic E-state index is 12.6. The molecule has 9 nitrogen and oxygen atoms in total. The Bertz CT molecular complexity index is 873. The van der Waals surface area contributed by atoms with Gasteiger partial charge in [-0.05, 0) is 52.0 Å². The van der Waals surface area contributed by atoms with E-state index >= 15 is 0 Å². The van der Waals surface area contributed by atoms with Crippen LogP contribution in [0.2, 0.25) is 0 Å². The van der Waals surface area contributed by atoms with Crippen molar-refractivity contribution < 1.29 is 33.4 Å². The average molecular weight is 475 g/mol. The van der Waals surface area contributed by atoms with Gasteiger partial charge >= 0.3 is 18.2 Å². The average Bonchev–Trinajstić information content (AvgIpc) is 3.31. The third kappa shape index (κ3) is 7.20. The Balaban J connectivity index is 1.39. The number of piperidine rings is 1. The van der Waals surface area contributed by atoms with Crippen LogP contribution in [0.25, 0.3) is 0 Å². The van der Waals surface area contributed by atoms with Crippen LogP contribution >= 0.6 is 0 Å². The lowest BCUT2D eigenvalue weighted by atomic mass is 9.93. The Morgan fingerprint density at radius 2 is 1.59 bits per heavy atom. The predicted octanol–water partition coefficient (Wildman–Crippen LogP) is 3.55. The number of hydrogen-bond acceptors (Lipinski definition) is 7. The van der Waals surface area contributed by atoms with E-state index in [0.717, 1.165) is 5.56 Å². The van der Waals surface area contributed by atoms with Gasteiger partial charge in [0, 0.05) is 25.6 Å². The van der Waals surface area contributed by atoms with Crippen LogP contribution in [0.15, 0.2) is 30.3 Å². The smallest absolute Gasteiger partial charge is 0.411 e. The van der Waals surface area contributed by atoms with E-state index < -0.39 is 29.8 Å². The highest BCUT2D eigenvalue weighted by molar-refractivity contribution is 5.87. The minimum absolute atomic E-state index is 0.174. The minimum Gasteiger partial charge on any atom is -0.456 e. The molecule has 186 valence electrons. The highest BCUT2D eigenvalue weighted by atomic mass is 16.6. The molecule has 0 spiro atoms. The molecule has 1 aromatic rings. The molecule has 2 heterocycles. The quantitative estimate of drug-likeness (QED) is 0.459. The van der Waals surface area contributed by atoms with Crippen LogP contribution in [-0.4, -0.2) is 71.6 Å². The van der Waals surface area contributed by atoms with E-state index in [2.05, 4.69) is 0 Å². The van der Waals surface area contributed by atoms with Crippen molar-refractivity contribution in [3.8, 4) is 0 Å². The first-order valence-corrected chi connectivity index (χ1v) is 11.8. The van der Waals surface area contributed by atoms with Crippen molar-refractivity contribution in [1.29, 1.82) is 0 Å². The molecule has 1 aromatic carbocycles. The molecule has 2 fully saturated rings. The molecule has 0 unspecified atom stereocenters. The molecule has 0 radical (unpaired) electrons. The standard InChI is InChI=1S/C25H34N2O7/c1-25(2,3)34-24(31)27-13-7-10-20(27)22(29)32-17-21(28)19-11-14-26(15-12-19)23(30)33-16-18-8-5-4-6-9-18/h4-6,8-9,19-20H,7,10-17H2,1-3H3/t20-/m0/s1. The summed E-state index contributed by atoms with van der Waals surface area (Å²) in [5, 5.41) is 0. The van der Waals surface area contributed by atoms with E-state index in [1.54, 1.807) is 25.7 Å². The summed E-state index contributed by atoms with van der Waals surface area (Å²) in [6.07, 6.45) is 1.19. The molecule has 0 N–H and O–H groups in total. The van der Waals surface area contributed by atoms with Gasteiger partial charge < -0.3 is 19.1 Å². The van der Waals surface area contributed by atoms with Gasteiger partial charge in [0.25, 0.3) is 0 Å². The summed E-state index contributed by atoms with van der Waals surface area (Å²) in [6, 6.07) is 8.71. The first kappa shape index (κ1) is 25.5. The van der Waals surface area contributed by atoms with Crippen LogP contribution in [0, 0.1) is 5.92 Å². The van der Waals surface area contributed by atoms with E-state index in [0.29, 0.717) is 45.3 Å². The molecule has 0 bridgehead atoms. The lowest BCUT2D eigenvalue weighted by Crippen LogP contribution is -2.45. The molecular formula is C25H34N2O7. The van der Waals surface area contributed by atoms with Crippen molar-refractivity contribution in [2.24, 2.45) is 5.92 Å². The third-order valence-electron chi connectivity index (χ3n) is 5.92. The monoisotopic (exact) mass is 474 g/mol. The Morgan fingerprint density at radius 3 is 2.24 bits per heavy atom. The van der Waals surface area contributed by atoms with E-state index in [1.165, 1.54) is 4.90 Å². The number of rotatable bonds is 6. The van der Waals surface area contributed by atoms with Gasteiger partial charge in [0.15, 0.2) is 5.78 Å². The number of carbonyl (C=O) groups is 4. The second kappa shape index (κ2) is 11.4. The molecule has 0 aromatic heterocycles. The maximum absolute atomic E-state index is 12.6. The fourth-order valence-electron chi connectivity index (χ4n) is 4.10. The van der Waals surface area contributed by atoms with Crippen LogP contribution in [0.1, 0.15) is 52.0 Å². The van der Waals surface area contributed by atoms with Crippen molar-refractivity contribution >= 4 is 23.9 Å². The molecule has 2 amide bonds. The number of carbonyl (C=O) groups excluding carboxylic acids is 4. The van der Waals surface area contributed by atoms with Crippen molar-refractivity contribution in [2.45, 2.75) is 64.7 Å². The van der Waals surface area contributed by atoms with Gasteiger partial charge in [0.1, 0.15) is 24.9 Å². The van der Waals surface area contributed by atoms with Gasteiger partial charge in [0.2, 0.25) is 0 Å². The summed E-state index contributed by atoms with van der Waals surface area (Å²) in [7, 11) is 0. The molecular weight excluding hydrogens is 440 g/mol. The van der Waals surface area contributed by atoms with E-state index in [1.807, 2.05) is 30.3 Å². The van der Waals surface area contributed by atoms with Crippen LogP contribution in [0.5, 0.6) is 0 Å². The number of hydrogen-bond donors (Lipinski definition) is 0. The zero-order chi connectivity index (χ0) is 24.7. The normalized spacial score (nSPS) is 19.0. The molecule has 0 aliphatic carbocycles. The molecule has 34 heavy (non-hydrogen) atoms. The Morgan fingerprint density at radius 1 is 0.912 bits per heavy atom. The summed E-state index contributed by atoms with van der Waals surface area (Å²) in [6.45, 7) is 6.40. The van der Waals surface area contributed by atoms with Crippen LogP contribution in [0.4, 0.5) is 9.59 Å². The number of likely N-dealkylation sites (tertiary alicyclic amines) is 2. The summed E-state index contributed by atoms with van der Waals surface area (Å²) < 4.78 is 16.0. The van der Waals surface area contributed by atoms with Gasteiger partial charge in [0.05, 0.1) is 0 Å². The molecule has 2 saturated heterocycles. The van der Waals surface area contributed by atoms with Crippen LogP contribution < -0.4 is 0 Å². The molecule has 0 saturated carbocycles. The van der Waals surface area contributed by atoms with Crippen molar-refractivity contribution in [3.05, 3.63) is 35.9 Å². The van der Waals surface area contributed by atoms with Gasteiger partial charge in [-0.25, -0.2) is 14.4 Å². The minimum atomic E-state index is -0.733. The van der Waals surface area contributed by atoms with E-state index in [-0.39, 0.29) is 24.9 Å². The molecule has 2 aliphatic rings. The SMILES string of the molecule is CC(C)(C)OC(=O)N1CCC[C@H]1C(=O)OCC(=O)C1CCN(C(=O)OCc2ccccc2)CC1. The Labute approximate surface area is 200 Å². The second-order valence-electron chi connectivity index (χ2n) is 9.71. The first-order valence-electron chi connectivity index (χ1n) is 11.8. The number of ketones is 1. The van der Waals surface area contributed by atoms with Crippen molar-refractivity contribution in [2.75, 3.05) is 26.2 Å². The number of amides is 2. The number of nitrogens with zero attached hydrogens (tertiary/aromatic N) is 2. The lowest BCUT2D eigenvalue weighted by molar-refractivity contribution is -0.153. The summed E-state index contributed by atoms with van der Waals surface area (Å²) in [4.78, 5) is 52.8. The third-order valence-corrected chi connectivity index (χ3v) is 5.92. The van der Waals surface area contributed by atoms with Crippen molar-refractivity contribution in [1.82, 2.24) is 9.80 Å². The fourth-order valence-corrected chi connectivity index (χ4v) is 4.10. The highest BCUT2D eigenvalue weighted by Crippen LogP contribution is 2.23. The van der Waals surface area contributed by atoms with Gasteiger partial charge in [-0.3, -0.25) is 9.69 Å². The lowest BCUT2D eigenvalue weighted by Gasteiger charge is -2.30. The summed E-state index contributed by atoms with van der Waals surface area (Å²) in [5.74, 6) is -1.04. The highest BCUT2D eigenvalue weighted by Gasteiger charge is 2.38. The van der Waals surface area contributed by atoms with Crippen molar-refractivity contribution in [3.63, 3.8) is 0 Å². The molecule has 1 atom stereocenters. The fraction of sp³-hybridized carbons (Fsp3) is 0.600. The largest absolute Gasteiger partial charge is 0.456 e. The molecule has 3 rings (SSSR count). The zero-order valence-corrected chi connectivity index (χ0v) is 20.2. The predicted molar refractivity (Wildman–Crippen MR) is 123 cm³/mol. The number of Topliss-reactive ketones (excluding diaryl/α,β-unsaturated/α-hetero) is 1. The molecule has 2 aliphatic heterocycles. The van der Waals surface area contributed by atoms with Gasteiger partial charge in [-0.15, -0.1) is 0 Å². The summed E-state index contributed by atoms with van der Waals surface area (Å²) >= 11 is 0. The zero-order valence-electron chi connectivity index (χ0n) is 20.2. The number of ether oxygens (including phenoxy) is 3.